The van der Waals surface area contributed by atoms with Crippen LogP contribution in [-0.2, 0) is 0 Å². The lowest BCUT2D eigenvalue weighted by molar-refractivity contribution is 1.01. The molecule has 82 valence electrons. The molecule has 0 bridgehead atoms. The highest BCUT2D eigenvalue weighted by atomic mass is 35.5. The molecule has 0 fully saturated rings. The van der Waals surface area contributed by atoms with Gasteiger partial charge in [0.2, 0.25) is 5.95 Å². The minimum absolute atomic E-state index is 0.0481. The van der Waals surface area contributed by atoms with Crippen molar-refractivity contribution in [2.75, 3.05) is 5.73 Å². The number of nitrogens with zero attached hydrogens (tertiary/aromatic N) is 2. The Morgan fingerprint density at radius 2 is 2.12 bits per heavy atom. The van der Waals surface area contributed by atoms with E-state index in [9.17, 15) is 4.79 Å². The number of nitrogens with one attached hydrogen (secondary N) is 1. The molecule has 1 heterocycles. The second-order valence-electron chi connectivity index (χ2n) is 3.32. The number of nitrogen functional groups attached to an aromatic ring is 1. The number of aromatic amines is 1. The topological polar surface area (TPSA) is 84.7 Å². The SMILES string of the molecule is Cc1cc(Cl)ccc1-c1nc(N)nc(=O)[nH]1. The summed E-state index contributed by atoms with van der Waals surface area (Å²) >= 11 is 5.84. The number of nitrogens with two attached hydrogens (primary N) is 1. The van der Waals surface area contributed by atoms with Gasteiger partial charge in [0.25, 0.3) is 0 Å². The third-order valence-corrected chi connectivity index (χ3v) is 2.35. The molecule has 0 unspecified atom stereocenters. The van der Waals surface area contributed by atoms with E-state index >= 15 is 0 Å². The van der Waals surface area contributed by atoms with Crippen LogP contribution in [0.5, 0.6) is 0 Å². The van der Waals surface area contributed by atoms with E-state index in [2.05, 4.69) is 15.0 Å². The van der Waals surface area contributed by atoms with Crippen LogP contribution in [0.3, 0.4) is 0 Å². The minimum atomic E-state index is -0.517. The lowest BCUT2D eigenvalue weighted by Gasteiger charge is -2.05. The molecule has 2 rings (SSSR count). The monoisotopic (exact) mass is 236 g/mol. The highest BCUT2D eigenvalue weighted by Crippen LogP contribution is 2.22. The fourth-order valence-electron chi connectivity index (χ4n) is 1.42. The summed E-state index contributed by atoms with van der Waals surface area (Å²) in [5, 5.41) is 0.630. The first-order chi connectivity index (χ1) is 7.56. The number of halogens is 1. The van der Waals surface area contributed by atoms with Gasteiger partial charge in [0, 0.05) is 10.6 Å². The highest BCUT2D eigenvalue weighted by Gasteiger charge is 2.06. The third kappa shape index (κ3) is 2.04. The molecule has 0 aliphatic rings. The van der Waals surface area contributed by atoms with Crippen molar-refractivity contribution in [2.24, 2.45) is 0 Å². The van der Waals surface area contributed by atoms with E-state index in [1.165, 1.54) is 0 Å². The van der Waals surface area contributed by atoms with Gasteiger partial charge in [-0.25, -0.2) is 4.79 Å². The lowest BCUT2D eigenvalue weighted by Crippen LogP contribution is -2.15. The Bertz CT molecular complexity index is 594. The minimum Gasteiger partial charge on any atom is -0.368 e. The fourth-order valence-corrected chi connectivity index (χ4v) is 1.65. The number of aromatic nitrogens is 3. The van der Waals surface area contributed by atoms with Gasteiger partial charge in [-0.05, 0) is 30.7 Å². The molecular weight excluding hydrogens is 228 g/mol. The smallest absolute Gasteiger partial charge is 0.349 e. The van der Waals surface area contributed by atoms with E-state index in [1.54, 1.807) is 18.2 Å². The van der Waals surface area contributed by atoms with Crippen LogP contribution < -0.4 is 11.4 Å². The molecule has 0 saturated carbocycles. The van der Waals surface area contributed by atoms with Crippen LogP contribution in [0.4, 0.5) is 5.95 Å². The van der Waals surface area contributed by atoms with Crippen molar-refractivity contribution < 1.29 is 0 Å². The van der Waals surface area contributed by atoms with E-state index in [0.717, 1.165) is 11.1 Å². The molecule has 0 aliphatic carbocycles. The van der Waals surface area contributed by atoms with E-state index in [1.807, 2.05) is 6.92 Å². The normalized spacial score (nSPS) is 10.4. The van der Waals surface area contributed by atoms with Gasteiger partial charge in [0.05, 0.1) is 0 Å². The molecule has 6 heteroatoms. The van der Waals surface area contributed by atoms with Crippen LogP contribution in [0.25, 0.3) is 11.4 Å². The summed E-state index contributed by atoms with van der Waals surface area (Å²) in [4.78, 5) is 21.1. The van der Waals surface area contributed by atoms with Gasteiger partial charge in [-0.15, -0.1) is 0 Å². The summed E-state index contributed by atoms with van der Waals surface area (Å²) in [5.74, 6) is 0.347. The van der Waals surface area contributed by atoms with E-state index < -0.39 is 5.69 Å². The van der Waals surface area contributed by atoms with Crippen molar-refractivity contribution in [1.29, 1.82) is 0 Å². The number of H-pyrrole nitrogens is 1. The molecule has 0 aliphatic heterocycles. The Morgan fingerprint density at radius 1 is 1.38 bits per heavy atom. The largest absolute Gasteiger partial charge is 0.368 e. The second kappa shape index (κ2) is 3.94. The van der Waals surface area contributed by atoms with Gasteiger partial charge >= 0.3 is 5.69 Å². The number of anilines is 1. The van der Waals surface area contributed by atoms with Gasteiger partial charge in [0.1, 0.15) is 5.82 Å². The number of hydrogen-bond acceptors (Lipinski definition) is 4. The zero-order chi connectivity index (χ0) is 11.7. The molecule has 1 aromatic heterocycles. The first-order valence-corrected chi connectivity index (χ1v) is 4.94. The second-order valence-corrected chi connectivity index (χ2v) is 3.76. The summed E-state index contributed by atoms with van der Waals surface area (Å²) < 4.78 is 0. The van der Waals surface area contributed by atoms with E-state index in [4.69, 9.17) is 17.3 Å². The number of benzene rings is 1. The third-order valence-electron chi connectivity index (χ3n) is 2.11. The Labute approximate surface area is 96.3 Å². The molecule has 0 saturated heterocycles. The van der Waals surface area contributed by atoms with Crippen molar-refractivity contribution in [1.82, 2.24) is 15.0 Å². The zero-order valence-electron chi connectivity index (χ0n) is 8.49. The zero-order valence-corrected chi connectivity index (χ0v) is 9.25. The maximum absolute atomic E-state index is 11.1. The predicted molar refractivity (Wildman–Crippen MR) is 62.2 cm³/mol. The van der Waals surface area contributed by atoms with Crippen molar-refractivity contribution in [3.8, 4) is 11.4 Å². The van der Waals surface area contributed by atoms with E-state index in [-0.39, 0.29) is 5.95 Å². The standard InChI is InChI=1S/C10H9ClN4O/c1-5-4-6(11)2-3-7(5)8-13-9(12)15-10(16)14-8/h2-4H,1H3,(H3,12,13,14,15,16). The first kappa shape index (κ1) is 10.6. The molecule has 16 heavy (non-hydrogen) atoms. The van der Waals surface area contributed by atoms with Crippen molar-refractivity contribution in [3.63, 3.8) is 0 Å². The molecule has 0 radical (unpaired) electrons. The summed E-state index contributed by atoms with van der Waals surface area (Å²) in [6, 6.07) is 5.28. The summed E-state index contributed by atoms with van der Waals surface area (Å²) in [6.45, 7) is 1.87. The highest BCUT2D eigenvalue weighted by molar-refractivity contribution is 6.30. The van der Waals surface area contributed by atoms with Gasteiger partial charge < -0.3 is 5.73 Å². The maximum Gasteiger partial charge on any atom is 0.349 e. The Kier molecular flexibility index (Phi) is 2.62. The Hall–Kier alpha value is -1.88. The van der Waals surface area contributed by atoms with Crippen LogP contribution >= 0.6 is 11.6 Å². The first-order valence-electron chi connectivity index (χ1n) is 4.56. The van der Waals surface area contributed by atoms with Crippen LogP contribution in [0.1, 0.15) is 5.56 Å². The van der Waals surface area contributed by atoms with Gasteiger partial charge in [0.15, 0.2) is 0 Å². The van der Waals surface area contributed by atoms with Crippen molar-refractivity contribution in [3.05, 3.63) is 39.3 Å². The Morgan fingerprint density at radius 3 is 2.75 bits per heavy atom. The molecule has 5 nitrogen and oxygen atoms in total. The fraction of sp³-hybridized carbons (Fsp3) is 0.100. The van der Waals surface area contributed by atoms with Gasteiger partial charge in [-0.2, -0.15) is 9.97 Å². The van der Waals surface area contributed by atoms with Crippen molar-refractivity contribution in [2.45, 2.75) is 6.92 Å². The number of aryl methyl sites for hydroxylation is 1. The lowest BCUT2D eigenvalue weighted by atomic mass is 10.1. The van der Waals surface area contributed by atoms with Crippen LogP contribution in [-0.4, -0.2) is 15.0 Å². The summed E-state index contributed by atoms with van der Waals surface area (Å²) in [5.41, 5.74) is 6.57. The van der Waals surface area contributed by atoms with Crippen LogP contribution in [0.2, 0.25) is 5.02 Å². The molecule has 0 atom stereocenters. The van der Waals surface area contributed by atoms with Crippen LogP contribution in [0.15, 0.2) is 23.0 Å². The average Bonchev–Trinajstić information content (AvgIpc) is 2.15. The summed E-state index contributed by atoms with van der Waals surface area (Å²) in [7, 11) is 0. The van der Waals surface area contributed by atoms with Crippen LogP contribution in [0, 0.1) is 6.92 Å². The molecule has 0 amide bonds. The number of rotatable bonds is 1. The van der Waals surface area contributed by atoms with Gasteiger partial charge in [-0.3, -0.25) is 4.98 Å². The average molecular weight is 237 g/mol. The molecule has 1 aromatic carbocycles. The molecule has 0 spiro atoms. The number of hydrogen-bond donors (Lipinski definition) is 2. The van der Waals surface area contributed by atoms with Crippen molar-refractivity contribution >= 4 is 17.5 Å². The molecule has 3 N–H and O–H groups in total. The molecular formula is C10H9ClN4O. The Balaban J connectivity index is 2.63. The van der Waals surface area contributed by atoms with Gasteiger partial charge in [-0.1, -0.05) is 11.6 Å². The quantitative estimate of drug-likeness (QED) is 0.783. The predicted octanol–water partition coefficient (Wildman–Crippen LogP) is 1.38. The van der Waals surface area contributed by atoms with E-state index in [0.29, 0.717) is 10.8 Å². The maximum atomic E-state index is 11.1. The summed E-state index contributed by atoms with van der Waals surface area (Å²) in [6.07, 6.45) is 0. The molecule has 2 aromatic rings.